The zero-order chi connectivity index (χ0) is 31.5. The van der Waals surface area contributed by atoms with E-state index in [1.807, 2.05) is 97.9 Å². The molecule has 2 saturated heterocycles. The Labute approximate surface area is 267 Å². The van der Waals surface area contributed by atoms with Crippen molar-refractivity contribution in [3.63, 3.8) is 0 Å². The normalized spacial score (nSPS) is 21.9. The van der Waals surface area contributed by atoms with Crippen LogP contribution < -0.4 is 0 Å². The lowest BCUT2D eigenvalue weighted by atomic mass is 10.2. The van der Waals surface area contributed by atoms with Crippen molar-refractivity contribution in [3.8, 4) is 0 Å². The quantitative estimate of drug-likeness (QED) is 0.139. The van der Waals surface area contributed by atoms with Crippen LogP contribution >= 0.6 is 0 Å². The van der Waals surface area contributed by atoms with E-state index in [9.17, 15) is 8.42 Å². The number of hydrogen-bond acceptors (Lipinski definition) is 6. The maximum Gasteiger partial charge on any atom is 0.243 e. The van der Waals surface area contributed by atoms with Gasteiger partial charge in [0.2, 0.25) is 10.0 Å². The molecule has 2 aliphatic rings. The molecule has 2 aliphatic heterocycles. The van der Waals surface area contributed by atoms with Gasteiger partial charge in [-0.05, 0) is 42.2 Å². The maximum atomic E-state index is 13.2. The number of rotatable bonds is 15. The van der Waals surface area contributed by atoms with Gasteiger partial charge in [0.25, 0.3) is 0 Å². The van der Waals surface area contributed by atoms with Crippen LogP contribution in [0.3, 0.4) is 0 Å². The summed E-state index contributed by atoms with van der Waals surface area (Å²) < 4.78 is 50.6. The predicted octanol–water partition coefficient (Wildman–Crippen LogP) is 6.55. The molecule has 4 aromatic carbocycles. The number of aryl methyl sites for hydroxylation is 1. The van der Waals surface area contributed by atoms with Gasteiger partial charge in [-0.1, -0.05) is 116 Å². The van der Waals surface area contributed by atoms with Crippen LogP contribution in [-0.2, 0) is 48.8 Å². The zero-order valence-electron chi connectivity index (χ0n) is 26.0. The fourth-order valence-electron chi connectivity index (χ4n) is 5.16. The average Bonchev–Trinajstić information content (AvgIpc) is 3.99. The van der Waals surface area contributed by atoms with Crippen LogP contribution in [0.1, 0.15) is 35.6 Å². The van der Waals surface area contributed by atoms with Gasteiger partial charge in [0, 0.05) is 0 Å². The third kappa shape index (κ3) is 9.81. The topological polar surface area (TPSA) is 77.4 Å². The van der Waals surface area contributed by atoms with Crippen molar-refractivity contribution in [3.05, 3.63) is 138 Å². The van der Waals surface area contributed by atoms with Gasteiger partial charge >= 0.3 is 0 Å². The average molecular weight is 630 g/mol. The van der Waals surface area contributed by atoms with Crippen molar-refractivity contribution in [2.45, 2.75) is 69.3 Å². The molecule has 0 bridgehead atoms. The third-order valence-electron chi connectivity index (χ3n) is 7.89. The highest BCUT2D eigenvalue weighted by molar-refractivity contribution is 7.89. The summed E-state index contributed by atoms with van der Waals surface area (Å²) in [6.45, 7) is 7.07. The first kappa shape index (κ1) is 33.0. The highest BCUT2D eigenvalue weighted by Crippen LogP contribution is 2.37. The smallest absolute Gasteiger partial charge is 0.243 e. The molecule has 0 saturated carbocycles. The number of hydrogen-bond donors (Lipinski definition) is 0. The van der Waals surface area contributed by atoms with Crippen molar-refractivity contribution < 1.29 is 27.4 Å². The van der Waals surface area contributed by atoms with Crippen LogP contribution in [0.15, 0.2) is 120 Å². The molecule has 45 heavy (non-hydrogen) atoms. The Morgan fingerprint density at radius 2 is 1.02 bits per heavy atom. The van der Waals surface area contributed by atoms with E-state index in [-0.39, 0.29) is 12.1 Å². The van der Waals surface area contributed by atoms with Gasteiger partial charge in [0.15, 0.2) is 0 Å². The first-order chi connectivity index (χ1) is 22.0. The van der Waals surface area contributed by atoms with Gasteiger partial charge in [-0.25, -0.2) is 8.42 Å². The molecule has 5 atom stereocenters. The monoisotopic (exact) mass is 629 g/mol. The number of ether oxygens (including phenoxy) is 4. The molecule has 8 heteroatoms. The Morgan fingerprint density at radius 1 is 0.600 bits per heavy atom. The van der Waals surface area contributed by atoms with Gasteiger partial charge in [0.05, 0.1) is 62.7 Å². The third-order valence-corrected chi connectivity index (χ3v) is 9.85. The lowest BCUT2D eigenvalue weighted by Gasteiger charge is -2.08. The summed E-state index contributed by atoms with van der Waals surface area (Å²) in [5.74, 6) is 0. The standard InChI is InChI=1S/C25H27NO4S.C12H16O2/c1-20-12-14-23(15-13-20)31(27,28)26-24(18-29-16-21-8-4-2-5-9-21)25(26)19-30-17-22-10-6-3-7-11-22;1-2-11-12(14-11)9-13-8-10-6-4-3-5-7-10/h2-15,24-25H,16-19H2,1H3;3-7,11-12H,2,8-9H2,1H3/t24-,25?,26?;11?,12-/m00/s1. The summed E-state index contributed by atoms with van der Waals surface area (Å²) in [7, 11) is -3.60. The van der Waals surface area contributed by atoms with Gasteiger partial charge in [0.1, 0.15) is 6.10 Å². The predicted molar refractivity (Wildman–Crippen MR) is 175 cm³/mol. The van der Waals surface area contributed by atoms with E-state index >= 15 is 0 Å². The highest BCUT2D eigenvalue weighted by atomic mass is 32.2. The van der Waals surface area contributed by atoms with Crippen LogP contribution in [0, 0.1) is 6.92 Å². The van der Waals surface area contributed by atoms with E-state index in [0.29, 0.717) is 50.1 Å². The molecule has 0 aromatic heterocycles. The molecule has 3 unspecified atom stereocenters. The Balaban J connectivity index is 0.000000238. The second-order valence-electron chi connectivity index (χ2n) is 11.4. The minimum atomic E-state index is -3.60. The minimum absolute atomic E-state index is 0.231. The molecule has 0 amide bonds. The minimum Gasteiger partial charge on any atom is -0.375 e. The summed E-state index contributed by atoms with van der Waals surface area (Å²) in [6, 6.07) is 36.5. The van der Waals surface area contributed by atoms with Crippen LogP contribution in [0.25, 0.3) is 0 Å². The van der Waals surface area contributed by atoms with E-state index in [1.165, 1.54) is 9.87 Å². The van der Waals surface area contributed by atoms with Crippen molar-refractivity contribution in [2.75, 3.05) is 19.8 Å². The second kappa shape index (κ2) is 16.3. The lowest BCUT2D eigenvalue weighted by Crippen LogP contribution is -2.18. The fourth-order valence-corrected chi connectivity index (χ4v) is 6.95. The van der Waals surface area contributed by atoms with Crippen LogP contribution in [0.5, 0.6) is 0 Å². The largest absolute Gasteiger partial charge is 0.375 e. The molecule has 4 aromatic rings. The number of benzene rings is 4. The van der Waals surface area contributed by atoms with Gasteiger partial charge < -0.3 is 18.9 Å². The highest BCUT2D eigenvalue weighted by Gasteiger charge is 2.55. The molecule has 0 aliphatic carbocycles. The Kier molecular flexibility index (Phi) is 11.9. The maximum absolute atomic E-state index is 13.2. The van der Waals surface area contributed by atoms with Crippen molar-refractivity contribution in [1.82, 2.24) is 4.31 Å². The molecular weight excluding hydrogens is 586 g/mol. The number of sulfonamides is 1. The van der Waals surface area contributed by atoms with Gasteiger partial charge in [-0.3, -0.25) is 0 Å². The summed E-state index contributed by atoms with van der Waals surface area (Å²) in [6.07, 6.45) is 1.90. The van der Waals surface area contributed by atoms with E-state index in [4.69, 9.17) is 18.9 Å². The second-order valence-corrected chi connectivity index (χ2v) is 13.2. The van der Waals surface area contributed by atoms with E-state index in [1.54, 1.807) is 12.1 Å². The Morgan fingerprint density at radius 3 is 1.42 bits per heavy atom. The van der Waals surface area contributed by atoms with E-state index < -0.39 is 10.0 Å². The Bertz CT molecular complexity index is 1480. The first-order valence-electron chi connectivity index (χ1n) is 15.6. The van der Waals surface area contributed by atoms with Crippen molar-refractivity contribution in [1.29, 1.82) is 0 Å². The van der Waals surface area contributed by atoms with E-state index in [0.717, 1.165) is 29.7 Å². The van der Waals surface area contributed by atoms with Crippen LogP contribution in [0.2, 0.25) is 0 Å². The molecule has 0 radical (unpaired) electrons. The molecular formula is C37H43NO6S. The number of nitrogens with zero attached hydrogens (tertiary/aromatic N) is 1. The van der Waals surface area contributed by atoms with Crippen LogP contribution in [-0.4, -0.2) is 56.8 Å². The SMILES string of the molecule is CCC1O[C@H]1COCc1ccccc1.Cc1ccc(S(=O)(=O)N2C(COCc3ccccc3)[C@@H]2COCc2ccccc2)cc1. The molecule has 238 valence electrons. The number of epoxide rings is 1. The van der Waals surface area contributed by atoms with Crippen LogP contribution in [0.4, 0.5) is 0 Å². The van der Waals surface area contributed by atoms with Crippen molar-refractivity contribution >= 4 is 10.0 Å². The summed E-state index contributed by atoms with van der Waals surface area (Å²) in [5, 5.41) is 0. The van der Waals surface area contributed by atoms with Gasteiger partial charge in [-0.2, -0.15) is 4.31 Å². The molecule has 2 heterocycles. The first-order valence-corrected chi connectivity index (χ1v) is 17.0. The molecule has 7 nitrogen and oxygen atoms in total. The summed E-state index contributed by atoms with van der Waals surface area (Å²) in [5.41, 5.74) is 4.37. The van der Waals surface area contributed by atoms with Gasteiger partial charge in [-0.15, -0.1) is 0 Å². The fraction of sp³-hybridized carbons (Fsp3) is 0.351. The molecule has 6 rings (SSSR count). The molecule has 2 fully saturated rings. The lowest BCUT2D eigenvalue weighted by molar-refractivity contribution is 0.104. The Hall–Kier alpha value is -3.37. The molecule has 0 N–H and O–H groups in total. The molecule has 0 spiro atoms. The summed E-state index contributed by atoms with van der Waals surface area (Å²) >= 11 is 0. The zero-order valence-corrected chi connectivity index (χ0v) is 26.9. The summed E-state index contributed by atoms with van der Waals surface area (Å²) in [4.78, 5) is 0.303. The van der Waals surface area contributed by atoms with E-state index in [2.05, 4.69) is 19.1 Å². The van der Waals surface area contributed by atoms with Crippen molar-refractivity contribution in [2.24, 2.45) is 0 Å².